The van der Waals surface area contributed by atoms with E-state index in [4.69, 9.17) is 10.9 Å². The molecular formula is C11H23N5O3S. The predicted molar refractivity (Wildman–Crippen MR) is 74.9 cm³/mol. The number of rotatable bonds is 3. The zero-order valence-electron chi connectivity index (χ0n) is 11.6. The number of carbonyl (C=O) groups excluding carboxylic acids is 1. The number of piperazine rings is 1. The Morgan fingerprint density at radius 2 is 1.60 bits per heavy atom. The van der Waals surface area contributed by atoms with Gasteiger partial charge in [0.05, 0.1) is 6.54 Å². The maximum atomic E-state index is 12.2. The van der Waals surface area contributed by atoms with Crippen LogP contribution < -0.4 is 10.9 Å². The number of piperidine rings is 1. The molecular weight excluding hydrogens is 282 g/mol. The van der Waals surface area contributed by atoms with Crippen LogP contribution in [0, 0.1) is 0 Å². The first-order chi connectivity index (χ1) is 9.36. The van der Waals surface area contributed by atoms with E-state index in [1.165, 1.54) is 4.31 Å². The van der Waals surface area contributed by atoms with Crippen molar-refractivity contribution in [1.29, 1.82) is 0 Å². The number of likely N-dealkylation sites (tertiary alicyclic amines) is 1. The van der Waals surface area contributed by atoms with Crippen molar-refractivity contribution in [2.24, 2.45) is 10.9 Å². The van der Waals surface area contributed by atoms with Crippen LogP contribution in [-0.4, -0.2) is 80.3 Å². The SMILES string of the molecule is NC1CCN(CC(=O)N2CCN(S(N)(=O)=O)CC2)CC1. The van der Waals surface area contributed by atoms with Crippen molar-refractivity contribution in [1.82, 2.24) is 14.1 Å². The van der Waals surface area contributed by atoms with E-state index in [1.54, 1.807) is 4.90 Å². The standard InChI is InChI=1S/C11H23N5O3S/c12-10-1-3-14(4-2-10)9-11(17)15-5-7-16(8-6-15)20(13,18)19/h10H,1-9,12H2,(H2,13,18,19). The Hall–Kier alpha value is -0.740. The van der Waals surface area contributed by atoms with Crippen molar-refractivity contribution in [3.05, 3.63) is 0 Å². The van der Waals surface area contributed by atoms with E-state index in [-0.39, 0.29) is 25.0 Å². The van der Waals surface area contributed by atoms with Gasteiger partial charge >= 0.3 is 0 Å². The Bertz CT molecular complexity index is 439. The minimum absolute atomic E-state index is 0.0505. The van der Waals surface area contributed by atoms with Gasteiger partial charge in [0, 0.05) is 45.3 Å². The number of nitrogens with zero attached hydrogens (tertiary/aromatic N) is 3. The van der Waals surface area contributed by atoms with Crippen molar-refractivity contribution in [3.8, 4) is 0 Å². The van der Waals surface area contributed by atoms with E-state index < -0.39 is 10.2 Å². The van der Waals surface area contributed by atoms with Crippen LogP contribution in [0.15, 0.2) is 0 Å². The summed E-state index contributed by atoms with van der Waals surface area (Å²) >= 11 is 0. The third kappa shape index (κ3) is 4.13. The molecule has 0 bridgehead atoms. The van der Waals surface area contributed by atoms with Gasteiger partial charge in [0.2, 0.25) is 5.91 Å². The highest BCUT2D eigenvalue weighted by Gasteiger charge is 2.27. The topological polar surface area (TPSA) is 113 Å². The average Bonchev–Trinajstić information content (AvgIpc) is 2.40. The molecule has 1 amide bonds. The molecule has 2 heterocycles. The lowest BCUT2D eigenvalue weighted by Gasteiger charge is -2.35. The highest BCUT2D eigenvalue weighted by molar-refractivity contribution is 7.86. The first-order valence-corrected chi connectivity index (χ1v) is 8.40. The third-order valence-corrected chi connectivity index (χ3v) is 5.03. The number of carbonyl (C=O) groups is 1. The second kappa shape index (κ2) is 6.35. The molecule has 0 spiro atoms. The van der Waals surface area contributed by atoms with Gasteiger partial charge in [0.1, 0.15) is 0 Å². The van der Waals surface area contributed by atoms with Crippen LogP contribution in [0.2, 0.25) is 0 Å². The molecule has 0 aliphatic carbocycles. The fourth-order valence-corrected chi connectivity index (χ4v) is 3.27. The molecule has 0 aromatic carbocycles. The van der Waals surface area contributed by atoms with E-state index in [9.17, 15) is 13.2 Å². The van der Waals surface area contributed by atoms with Gasteiger partial charge in [-0.05, 0) is 12.8 Å². The normalized spacial score (nSPS) is 24.0. The molecule has 8 nitrogen and oxygen atoms in total. The molecule has 2 saturated heterocycles. The number of hydrogen-bond donors (Lipinski definition) is 2. The Kier molecular flexibility index (Phi) is 4.97. The Morgan fingerprint density at radius 1 is 1.05 bits per heavy atom. The predicted octanol–water partition coefficient (Wildman–Crippen LogP) is -2.24. The summed E-state index contributed by atoms with van der Waals surface area (Å²) < 4.78 is 23.6. The summed E-state index contributed by atoms with van der Waals surface area (Å²) in [4.78, 5) is 16.0. The van der Waals surface area contributed by atoms with E-state index in [2.05, 4.69) is 4.90 Å². The van der Waals surface area contributed by atoms with Gasteiger partial charge in [0.15, 0.2) is 0 Å². The molecule has 4 N–H and O–H groups in total. The van der Waals surface area contributed by atoms with Crippen LogP contribution in [0.5, 0.6) is 0 Å². The second-order valence-electron chi connectivity index (χ2n) is 5.44. The van der Waals surface area contributed by atoms with Crippen molar-refractivity contribution in [3.63, 3.8) is 0 Å². The molecule has 0 unspecified atom stereocenters. The Morgan fingerprint density at radius 3 is 2.10 bits per heavy atom. The molecule has 9 heteroatoms. The molecule has 2 fully saturated rings. The number of nitrogens with two attached hydrogens (primary N) is 2. The lowest BCUT2D eigenvalue weighted by atomic mass is 10.1. The maximum absolute atomic E-state index is 12.2. The molecule has 2 aliphatic rings. The summed E-state index contributed by atoms with van der Waals surface area (Å²) in [6.07, 6.45) is 1.85. The molecule has 116 valence electrons. The minimum Gasteiger partial charge on any atom is -0.339 e. The summed E-state index contributed by atoms with van der Waals surface area (Å²) in [7, 11) is -3.64. The van der Waals surface area contributed by atoms with Gasteiger partial charge in [-0.15, -0.1) is 0 Å². The van der Waals surface area contributed by atoms with Gasteiger partial charge < -0.3 is 10.6 Å². The number of hydrogen-bond acceptors (Lipinski definition) is 5. The summed E-state index contributed by atoms with van der Waals surface area (Å²) in [5.74, 6) is 0.0505. The smallest absolute Gasteiger partial charge is 0.277 e. The molecule has 2 rings (SSSR count). The zero-order valence-corrected chi connectivity index (χ0v) is 12.4. The van der Waals surface area contributed by atoms with Crippen molar-refractivity contribution in [2.45, 2.75) is 18.9 Å². The molecule has 0 aromatic heterocycles. The lowest BCUT2D eigenvalue weighted by Crippen LogP contribution is -2.54. The molecule has 0 aromatic rings. The van der Waals surface area contributed by atoms with Crippen LogP contribution in [0.3, 0.4) is 0 Å². The van der Waals surface area contributed by atoms with Crippen molar-refractivity contribution < 1.29 is 13.2 Å². The molecule has 0 radical (unpaired) electrons. The van der Waals surface area contributed by atoms with Crippen LogP contribution >= 0.6 is 0 Å². The Labute approximate surface area is 119 Å². The van der Waals surface area contributed by atoms with Crippen molar-refractivity contribution >= 4 is 16.1 Å². The summed E-state index contributed by atoms with van der Waals surface area (Å²) in [5, 5.41) is 5.07. The first kappa shape index (κ1) is 15.6. The number of amides is 1. The fourth-order valence-electron chi connectivity index (χ4n) is 2.59. The third-order valence-electron chi connectivity index (χ3n) is 3.94. The van der Waals surface area contributed by atoms with E-state index in [0.717, 1.165) is 25.9 Å². The molecule has 0 atom stereocenters. The highest BCUT2D eigenvalue weighted by Crippen LogP contribution is 2.10. The summed E-state index contributed by atoms with van der Waals surface area (Å²) in [6, 6.07) is 0.250. The van der Waals surface area contributed by atoms with Crippen LogP contribution in [0.4, 0.5) is 0 Å². The van der Waals surface area contributed by atoms with Crippen molar-refractivity contribution in [2.75, 3.05) is 45.8 Å². The quantitative estimate of drug-likeness (QED) is 0.612. The molecule has 0 saturated carbocycles. The fraction of sp³-hybridized carbons (Fsp3) is 0.909. The summed E-state index contributed by atoms with van der Waals surface area (Å²) in [6.45, 7) is 3.45. The van der Waals surface area contributed by atoms with Crippen LogP contribution in [0.1, 0.15) is 12.8 Å². The minimum atomic E-state index is -3.64. The first-order valence-electron chi connectivity index (χ1n) is 6.90. The average molecular weight is 305 g/mol. The highest BCUT2D eigenvalue weighted by atomic mass is 32.2. The van der Waals surface area contributed by atoms with E-state index >= 15 is 0 Å². The van der Waals surface area contributed by atoms with Gasteiger partial charge in [0.25, 0.3) is 10.2 Å². The lowest BCUT2D eigenvalue weighted by molar-refractivity contribution is -0.133. The molecule has 20 heavy (non-hydrogen) atoms. The van der Waals surface area contributed by atoms with E-state index in [1.807, 2.05) is 0 Å². The molecule has 2 aliphatic heterocycles. The largest absolute Gasteiger partial charge is 0.339 e. The zero-order chi connectivity index (χ0) is 14.8. The second-order valence-corrected chi connectivity index (χ2v) is 6.98. The van der Waals surface area contributed by atoms with Gasteiger partial charge in [-0.25, -0.2) is 5.14 Å². The maximum Gasteiger partial charge on any atom is 0.277 e. The monoisotopic (exact) mass is 305 g/mol. The van der Waals surface area contributed by atoms with Crippen LogP contribution in [-0.2, 0) is 15.0 Å². The summed E-state index contributed by atoms with van der Waals surface area (Å²) in [5.41, 5.74) is 5.83. The van der Waals surface area contributed by atoms with E-state index in [0.29, 0.717) is 19.6 Å². The van der Waals surface area contributed by atoms with Crippen LogP contribution in [0.25, 0.3) is 0 Å². The van der Waals surface area contributed by atoms with Gasteiger partial charge in [-0.3, -0.25) is 9.69 Å². The Balaban J connectivity index is 1.77. The van der Waals surface area contributed by atoms with Gasteiger partial charge in [-0.1, -0.05) is 0 Å². The van der Waals surface area contributed by atoms with Gasteiger partial charge in [-0.2, -0.15) is 12.7 Å².